The molecule has 1 rings (SSSR count). The van der Waals surface area contributed by atoms with Gasteiger partial charge >= 0.3 is 0 Å². The second-order valence-electron chi connectivity index (χ2n) is 0.816. The van der Waals surface area contributed by atoms with Gasteiger partial charge in [0, 0.05) is 0 Å². The highest BCUT2D eigenvalue weighted by atomic mass is 16.7. The summed E-state index contributed by atoms with van der Waals surface area (Å²) in [5.74, 6) is 0. The molecular weight excluding hydrogens is 94.1 g/mol. The van der Waals surface area contributed by atoms with Crippen molar-refractivity contribution < 1.29 is 4.84 Å². The van der Waals surface area contributed by atoms with Crippen LogP contribution < -0.4 is 11.7 Å². The third-order valence-electron chi connectivity index (χ3n) is 0.413. The fourth-order valence-corrected chi connectivity index (χ4v) is 0.209. The summed E-state index contributed by atoms with van der Waals surface area (Å²) in [4.78, 5) is 4.44. The first-order valence-electron chi connectivity index (χ1n) is 1.59. The molecule has 7 heavy (non-hydrogen) atoms. The molecule has 0 aromatic rings. The van der Waals surface area contributed by atoms with Gasteiger partial charge in [0.2, 0.25) is 0 Å². The summed E-state index contributed by atoms with van der Waals surface area (Å²) < 4.78 is 0. The molecule has 0 fully saturated rings. The molecule has 1 heterocycles. The third kappa shape index (κ3) is 1.77. The molecule has 1 aliphatic rings. The second-order valence-corrected chi connectivity index (χ2v) is 0.816. The second kappa shape index (κ2) is 3.17. The summed E-state index contributed by atoms with van der Waals surface area (Å²) >= 11 is 0. The molecule has 0 bridgehead atoms. The van der Waals surface area contributed by atoms with Crippen molar-refractivity contribution in [3.63, 3.8) is 0 Å². The van der Waals surface area contributed by atoms with Gasteiger partial charge in [0.1, 0.15) is 6.26 Å². The average molecular weight is 101 g/mol. The van der Waals surface area contributed by atoms with E-state index in [1.165, 1.54) is 6.26 Å². The van der Waals surface area contributed by atoms with Gasteiger partial charge in [-0.25, -0.2) is 0 Å². The monoisotopic (exact) mass is 101 g/mol. The topological polar surface area (TPSA) is 68.6 Å². The number of hydrazone groups is 1. The van der Waals surface area contributed by atoms with E-state index in [4.69, 9.17) is 0 Å². The third-order valence-corrected chi connectivity index (χ3v) is 0.413. The number of nitrogens with one attached hydrogen (secondary N) is 1. The van der Waals surface area contributed by atoms with Crippen LogP contribution in [0.15, 0.2) is 17.4 Å². The van der Waals surface area contributed by atoms with Gasteiger partial charge in [-0.05, 0) is 6.08 Å². The maximum atomic E-state index is 4.44. The van der Waals surface area contributed by atoms with Gasteiger partial charge in [-0.2, -0.15) is 5.10 Å². The van der Waals surface area contributed by atoms with Crippen LogP contribution in [-0.4, -0.2) is 6.21 Å². The number of hydrogen-bond acceptors (Lipinski definition) is 4. The molecule has 0 unspecified atom stereocenters. The first-order chi connectivity index (χ1) is 3.00. The summed E-state index contributed by atoms with van der Waals surface area (Å²) in [6.45, 7) is 0. The van der Waals surface area contributed by atoms with E-state index in [1.54, 1.807) is 12.3 Å². The van der Waals surface area contributed by atoms with Gasteiger partial charge in [-0.15, -0.1) is 5.59 Å². The molecule has 1 aliphatic heterocycles. The molecule has 0 amide bonds. The minimum Gasteiger partial charge on any atom is -0.373 e. The van der Waals surface area contributed by atoms with E-state index in [9.17, 15) is 0 Å². The molecule has 0 saturated carbocycles. The Morgan fingerprint density at radius 2 is 2.43 bits per heavy atom. The Hall–Kier alpha value is -1.03. The van der Waals surface area contributed by atoms with Gasteiger partial charge in [-0.1, -0.05) is 0 Å². The first-order valence-corrected chi connectivity index (χ1v) is 1.59. The molecule has 0 atom stereocenters. The van der Waals surface area contributed by atoms with Crippen molar-refractivity contribution in [2.24, 2.45) is 5.10 Å². The lowest BCUT2D eigenvalue weighted by molar-refractivity contribution is 0.136. The molecule has 0 saturated heterocycles. The van der Waals surface area contributed by atoms with E-state index in [2.05, 4.69) is 15.5 Å². The average Bonchev–Trinajstić information content (AvgIpc) is 1.72. The van der Waals surface area contributed by atoms with Crippen molar-refractivity contribution in [3.8, 4) is 0 Å². The molecule has 4 nitrogen and oxygen atoms in total. The summed E-state index contributed by atoms with van der Waals surface area (Å²) in [5, 5.41) is 3.49. The van der Waals surface area contributed by atoms with E-state index in [-0.39, 0.29) is 6.15 Å². The minimum atomic E-state index is 0. The lowest BCUT2D eigenvalue weighted by atomic mass is 10.7. The fraction of sp³-hybridized carbons (Fsp3) is 0. The summed E-state index contributed by atoms with van der Waals surface area (Å²) in [5.41, 5.74) is 2.27. The lowest BCUT2D eigenvalue weighted by Gasteiger charge is -1.96. The molecule has 40 valence electrons. The Labute approximate surface area is 41.4 Å². The van der Waals surface area contributed by atoms with Crippen molar-refractivity contribution in [3.05, 3.63) is 12.3 Å². The van der Waals surface area contributed by atoms with Crippen molar-refractivity contribution in [1.29, 1.82) is 0 Å². The minimum absolute atomic E-state index is 0. The molecule has 0 spiro atoms. The van der Waals surface area contributed by atoms with Crippen LogP contribution in [0.1, 0.15) is 0 Å². The summed E-state index contributed by atoms with van der Waals surface area (Å²) in [7, 11) is 0. The quantitative estimate of drug-likeness (QED) is 0.457. The molecule has 4 N–H and O–H groups in total. The van der Waals surface area contributed by atoms with Gasteiger partial charge in [0.15, 0.2) is 0 Å². The normalized spacial score (nSPS) is 13.7. The zero-order chi connectivity index (χ0) is 4.24. The number of rotatable bonds is 0. The number of hydrogen-bond donors (Lipinski definition) is 2. The van der Waals surface area contributed by atoms with Crippen LogP contribution in [0.4, 0.5) is 0 Å². The summed E-state index contributed by atoms with van der Waals surface area (Å²) in [6, 6.07) is 0. The van der Waals surface area contributed by atoms with Crippen molar-refractivity contribution in [2.75, 3.05) is 0 Å². The largest absolute Gasteiger partial charge is 0.373 e. The van der Waals surface area contributed by atoms with Gasteiger partial charge in [-0.3, -0.25) is 0 Å². The van der Waals surface area contributed by atoms with Crippen LogP contribution in [0.25, 0.3) is 0 Å². The summed E-state index contributed by atoms with van der Waals surface area (Å²) in [6.07, 6.45) is 4.80. The van der Waals surface area contributed by atoms with Crippen LogP contribution in [0.2, 0.25) is 0 Å². The predicted octanol–water partition coefficient (Wildman–Crippen LogP) is 0.183. The zero-order valence-electron chi connectivity index (χ0n) is 3.79. The molecule has 4 heteroatoms. The number of nitrogens with zero attached hydrogens (tertiary/aromatic N) is 1. The van der Waals surface area contributed by atoms with Crippen LogP contribution >= 0.6 is 0 Å². The predicted molar refractivity (Wildman–Crippen MR) is 26.9 cm³/mol. The van der Waals surface area contributed by atoms with Gasteiger partial charge in [0.25, 0.3) is 0 Å². The highest BCUT2D eigenvalue weighted by Crippen LogP contribution is 1.74. The smallest absolute Gasteiger partial charge is 0.122 e. The lowest BCUT2D eigenvalue weighted by Crippen LogP contribution is -2.03. The zero-order valence-corrected chi connectivity index (χ0v) is 3.79. The van der Waals surface area contributed by atoms with Gasteiger partial charge < -0.3 is 11.0 Å². The van der Waals surface area contributed by atoms with E-state index >= 15 is 0 Å². The Bertz CT molecular complexity index is 76.2. The van der Waals surface area contributed by atoms with Crippen molar-refractivity contribution in [1.82, 2.24) is 11.7 Å². The molecule has 0 radical (unpaired) electrons. The maximum Gasteiger partial charge on any atom is 0.122 e. The SMILES string of the molecule is C1=CONN=C1.N. The Morgan fingerprint density at radius 1 is 1.57 bits per heavy atom. The maximum absolute atomic E-state index is 4.44. The Balaban J connectivity index is 0.000000360. The Kier molecular flexibility index (Phi) is 2.70. The fourth-order valence-electron chi connectivity index (χ4n) is 0.209. The molecular formula is C3H7N3O. The Morgan fingerprint density at radius 3 is 2.57 bits per heavy atom. The highest BCUT2D eigenvalue weighted by Gasteiger charge is 1.73. The van der Waals surface area contributed by atoms with E-state index in [0.717, 1.165) is 0 Å². The standard InChI is InChI=1S/C3H4N2O.H3N/c1-2-4-5-6-3-1;/h1-3,5H;1H3. The van der Waals surface area contributed by atoms with E-state index < -0.39 is 0 Å². The first kappa shape index (κ1) is 5.97. The molecule has 0 aromatic heterocycles. The van der Waals surface area contributed by atoms with Crippen LogP contribution in [-0.2, 0) is 4.84 Å². The van der Waals surface area contributed by atoms with E-state index in [0.29, 0.717) is 0 Å². The number of allylic oxidation sites excluding steroid dienone is 1. The van der Waals surface area contributed by atoms with E-state index in [1.807, 2.05) is 0 Å². The van der Waals surface area contributed by atoms with Crippen molar-refractivity contribution in [2.45, 2.75) is 0 Å². The highest BCUT2D eigenvalue weighted by molar-refractivity contribution is 5.70. The molecule has 0 aromatic carbocycles. The van der Waals surface area contributed by atoms with Crippen LogP contribution in [0.3, 0.4) is 0 Å². The molecule has 0 aliphatic carbocycles. The van der Waals surface area contributed by atoms with Crippen LogP contribution in [0, 0.1) is 0 Å². The van der Waals surface area contributed by atoms with Crippen molar-refractivity contribution >= 4 is 6.21 Å². The van der Waals surface area contributed by atoms with Crippen LogP contribution in [0.5, 0.6) is 0 Å². The van der Waals surface area contributed by atoms with Gasteiger partial charge in [0.05, 0.1) is 6.21 Å².